The Bertz CT molecular complexity index is 154. The molecule has 0 aliphatic rings. The van der Waals surface area contributed by atoms with Crippen molar-refractivity contribution >= 4 is 12.2 Å². The van der Waals surface area contributed by atoms with Crippen molar-refractivity contribution in [2.75, 3.05) is 7.05 Å². The highest BCUT2D eigenvalue weighted by Gasteiger charge is 2.18. The second kappa shape index (κ2) is 4.11. The lowest BCUT2D eigenvalue weighted by atomic mass is 10.1. The predicted molar refractivity (Wildman–Crippen MR) is 43.1 cm³/mol. The molecular weight excluding hydrogens is 142 g/mol. The Kier molecular flexibility index (Phi) is 3.79. The molecule has 1 amide bonds. The molecule has 1 atom stereocenters. The third-order valence-electron chi connectivity index (χ3n) is 1.77. The third-order valence-corrected chi connectivity index (χ3v) is 1.77. The summed E-state index contributed by atoms with van der Waals surface area (Å²) in [6.45, 7) is 5.29. The van der Waals surface area contributed by atoms with Crippen LogP contribution >= 0.6 is 0 Å². The molecule has 0 unspecified atom stereocenters. The average Bonchev–Trinajstić information content (AvgIpc) is 1.88. The maximum absolute atomic E-state index is 10.8. The van der Waals surface area contributed by atoms with Crippen LogP contribution in [-0.2, 0) is 9.59 Å². The molecule has 11 heavy (non-hydrogen) atoms. The standard InChI is InChI=1S/C8H15NO2/c1-6(2)8(5-10)9(4)7(3)11/h5-6,8H,1-4H3/t8-/m1/s1. The van der Waals surface area contributed by atoms with E-state index in [2.05, 4.69) is 0 Å². The Hall–Kier alpha value is -0.860. The zero-order chi connectivity index (χ0) is 9.02. The van der Waals surface area contributed by atoms with Crippen molar-refractivity contribution in [1.29, 1.82) is 0 Å². The van der Waals surface area contributed by atoms with Crippen LogP contribution in [0.1, 0.15) is 20.8 Å². The lowest BCUT2D eigenvalue weighted by Gasteiger charge is -2.25. The Morgan fingerprint density at radius 3 is 2.00 bits per heavy atom. The molecule has 3 heteroatoms. The number of likely N-dealkylation sites (N-methyl/N-ethyl adjacent to an activating group) is 1. The molecule has 0 heterocycles. The van der Waals surface area contributed by atoms with Crippen molar-refractivity contribution in [1.82, 2.24) is 4.90 Å². The van der Waals surface area contributed by atoms with Gasteiger partial charge in [0.1, 0.15) is 6.29 Å². The summed E-state index contributed by atoms with van der Waals surface area (Å²) >= 11 is 0. The van der Waals surface area contributed by atoms with Gasteiger partial charge in [-0.25, -0.2) is 0 Å². The van der Waals surface area contributed by atoms with E-state index < -0.39 is 0 Å². The molecule has 0 aromatic carbocycles. The van der Waals surface area contributed by atoms with E-state index in [1.807, 2.05) is 13.8 Å². The molecule has 0 aliphatic heterocycles. The third kappa shape index (κ3) is 2.70. The van der Waals surface area contributed by atoms with E-state index in [0.717, 1.165) is 6.29 Å². The summed E-state index contributed by atoms with van der Waals surface area (Å²) in [5, 5.41) is 0. The van der Waals surface area contributed by atoms with E-state index in [4.69, 9.17) is 0 Å². The lowest BCUT2D eigenvalue weighted by molar-refractivity contribution is -0.133. The maximum Gasteiger partial charge on any atom is 0.219 e. The van der Waals surface area contributed by atoms with Crippen molar-refractivity contribution in [2.24, 2.45) is 5.92 Å². The zero-order valence-electron chi connectivity index (χ0n) is 7.50. The minimum absolute atomic E-state index is 0.0733. The fourth-order valence-electron chi connectivity index (χ4n) is 0.906. The molecule has 0 saturated carbocycles. The average molecular weight is 157 g/mol. The van der Waals surface area contributed by atoms with Crippen LogP contribution in [-0.4, -0.2) is 30.2 Å². The Morgan fingerprint density at radius 2 is 1.91 bits per heavy atom. The fourth-order valence-corrected chi connectivity index (χ4v) is 0.906. The lowest BCUT2D eigenvalue weighted by Crippen LogP contribution is -2.40. The molecule has 0 N–H and O–H groups in total. The molecule has 64 valence electrons. The van der Waals surface area contributed by atoms with Gasteiger partial charge in [-0.3, -0.25) is 4.79 Å². The SMILES string of the molecule is CC(=O)N(C)[C@H](C=O)C(C)C. The van der Waals surface area contributed by atoms with Gasteiger partial charge in [0.25, 0.3) is 0 Å². The highest BCUT2D eigenvalue weighted by Crippen LogP contribution is 2.05. The van der Waals surface area contributed by atoms with Crippen molar-refractivity contribution in [3.05, 3.63) is 0 Å². The quantitative estimate of drug-likeness (QED) is 0.565. The van der Waals surface area contributed by atoms with Gasteiger partial charge in [0, 0.05) is 14.0 Å². The normalized spacial score (nSPS) is 12.8. The summed E-state index contributed by atoms with van der Waals surface area (Å²) in [6, 6.07) is -0.285. The molecule has 3 nitrogen and oxygen atoms in total. The summed E-state index contributed by atoms with van der Waals surface area (Å²) in [4.78, 5) is 22.8. The monoisotopic (exact) mass is 157 g/mol. The van der Waals surface area contributed by atoms with Gasteiger partial charge in [0.15, 0.2) is 0 Å². The van der Waals surface area contributed by atoms with Gasteiger partial charge in [-0.1, -0.05) is 13.8 Å². The van der Waals surface area contributed by atoms with Crippen LogP contribution in [0.5, 0.6) is 0 Å². The van der Waals surface area contributed by atoms with Gasteiger partial charge < -0.3 is 9.69 Å². The van der Waals surface area contributed by atoms with Gasteiger partial charge in [0.2, 0.25) is 5.91 Å². The van der Waals surface area contributed by atoms with Gasteiger partial charge >= 0.3 is 0 Å². The van der Waals surface area contributed by atoms with E-state index in [1.54, 1.807) is 7.05 Å². The van der Waals surface area contributed by atoms with Gasteiger partial charge in [-0.2, -0.15) is 0 Å². The Labute approximate surface area is 67.4 Å². The number of hydrogen-bond acceptors (Lipinski definition) is 2. The van der Waals surface area contributed by atoms with E-state index >= 15 is 0 Å². The first kappa shape index (κ1) is 10.1. The molecular formula is C8H15NO2. The van der Waals surface area contributed by atoms with Crippen LogP contribution in [0.2, 0.25) is 0 Å². The number of nitrogens with zero attached hydrogens (tertiary/aromatic N) is 1. The summed E-state index contributed by atoms with van der Waals surface area (Å²) in [7, 11) is 1.64. The predicted octanol–water partition coefficient (Wildman–Crippen LogP) is 0.688. The molecule has 0 aliphatic carbocycles. The van der Waals surface area contributed by atoms with Crippen LogP contribution in [0.3, 0.4) is 0 Å². The number of carbonyl (C=O) groups excluding carboxylic acids is 2. The summed E-state index contributed by atoms with van der Waals surface area (Å²) in [5.41, 5.74) is 0. The van der Waals surface area contributed by atoms with E-state index in [-0.39, 0.29) is 17.9 Å². The summed E-state index contributed by atoms with van der Waals surface area (Å²) < 4.78 is 0. The highest BCUT2D eigenvalue weighted by atomic mass is 16.2. The van der Waals surface area contributed by atoms with Gasteiger partial charge in [-0.15, -0.1) is 0 Å². The molecule has 0 rings (SSSR count). The number of rotatable bonds is 3. The minimum atomic E-state index is -0.285. The molecule has 0 aromatic heterocycles. The maximum atomic E-state index is 10.8. The van der Waals surface area contributed by atoms with Crippen molar-refractivity contribution < 1.29 is 9.59 Å². The zero-order valence-corrected chi connectivity index (χ0v) is 7.50. The largest absolute Gasteiger partial charge is 0.336 e. The number of amides is 1. The topological polar surface area (TPSA) is 37.4 Å². The molecule has 0 saturated heterocycles. The van der Waals surface area contributed by atoms with Crippen LogP contribution < -0.4 is 0 Å². The smallest absolute Gasteiger partial charge is 0.219 e. The second-order valence-corrected chi connectivity index (χ2v) is 3.00. The minimum Gasteiger partial charge on any atom is -0.336 e. The van der Waals surface area contributed by atoms with Crippen LogP contribution in [0.15, 0.2) is 0 Å². The van der Waals surface area contributed by atoms with Crippen LogP contribution in [0.25, 0.3) is 0 Å². The van der Waals surface area contributed by atoms with E-state index in [1.165, 1.54) is 11.8 Å². The molecule has 0 aromatic rings. The van der Waals surface area contributed by atoms with Gasteiger partial charge in [-0.05, 0) is 5.92 Å². The van der Waals surface area contributed by atoms with Crippen molar-refractivity contribution in [2.45, 2.75) is 26.8 Å². The Morgan fingerprint density at radius 1 is 1.45 bits per heavy atom. The molecule has 0 radical (unpaired) electrons. The van der Waals surface area contributed by atoms with E-state index in [0.29, 0.717) is 0 Å². The van der Waals surface area contributed by atoms with Crippen LogP contribution in [0.4, 0.5) is 0 Å². The first-order chi connectivity index (χ1) is 5.00. The Balaban J connectivity index is 4.25. The second-order valence-electron chi connectivity index (χ2n) is 3.00. The number of carbonyl (C=O) groups is 2. The first-order valence-corrected chi connectivity index (χ1v) is 3.69. The van der Waals surface area contributed by atoms with Gasteiger partial charge in [0.05, 0.1) is 6.04 Å². The molecule has 0 fully saturated rings. The molecule has 0 spiro atoms. The highest BCUT2D eigenvalue weighted by molar-refractivity contribution is 5.77. The first-order valence-electron chi connectivity index (χ1n) is 3.69. The fraction of sp³-hybridized carbons (Fsp3) is 0.750. The van der Waals surface area contributed by atoms with Crippen molar-refractivity contribution in [3.8, 4) is 0 Å². The summed E-state index contributed by atoms with van der Waals surface area (Å²) in [6.07, 6.45) is 0.812. The number of aldehydes is 1. The summed E-state index contributed by atoms with van der Waals surface area (Å²) in [5.74, 6) is 0.109. The van der Waals surface area contributed by atoms with E-state index in [9.17, 15) is 9.59 Å². The molecule has 0 bridgehead atoms. The van der Waals surface area contributed by atoms with Crippen molar-refractivity contribution in [3.63, 3.8) is 0 Å². The number of hydrogen-bond donors (Lipinski definition) is 0. The van der Waals surface area contributed by atoms with Crippen LogP contribution in [0, 0.1) is 5.92 Å².